The summed E-state index contributed by atoms with van der Waals surface area (Å²) in [7, 11) is 1.59. The Balaban J connectivity index is 1.65. The van der Waals surface area contributed by atoms with Crippen LogP contribution in [-0.4, -0.2) is 36.3 Å². The largest absolute Gasteiger partial charge is 0.488 e. The minimum absolute atomic E-state index is 0.0621. The molecule has 0 aliphatic carbocycles. The van der Waals surface area contributed by atoms with Gasteiger partial charge in [-0.2, -0.15) is 4.98 Å². The van der Waals surface area contributed by atoms with Crippen molar-refractivity contribution in [3.8, 4) is 11.6 Å². The number of rotatable bonds is 4. The molecule has 1 saturated heterocycles. The van der Waals surface area contributed by atoms with Crippen molar-refractivity contribution in [2.75, 3.05) is 25.1 Å². The van der Waals surface area contributed by atoms with Crippen LogP contribution in [0.4, 0.5) is 5.95 Å². The highest BCUT2D eigenvalue weighted by Gasteiger charge is 2.26. The third-order valence-electron chi connectivity index (χ3n) is 3.45. The molecule has 1 aliphatic heterocycles. The highest BCUT2D eigenvalue weighted by Crippen LogP contribution is 2.28. The molecule has 2 aromatic rings. The van der Waals surface area contributed by atoms with Gasteiger partial charge in [-0.05, 0) is 12.1 Å². The molecule has 22 heavy (non-hydrogen) atoms. The van der Waals surface area contributed by atoms with E-state index in [1.54, 1.807) is 31.5 Å². The van der Waals surface area contributed by atoms with Crippen molar-refractivity contribution in [3.05, 3.63) is 40.5 Å². The smallest absolute Gasteiger partial charge is 0.228 e. The Hall–Kier alpha value is -1.72. The van der Waals surface area contributed by atoms with Crippen molar-refractivity contribution in [2.45, 2.75) is 12.5 Å². The normalized spacial score (nSPS) is 17.6. The second-order valence-electron chi connectivity index (χ2n) is 4.95. The molecule has 0 bridgehead atoms. The van der Waals surface area contributed by atoms with E-state index in [-0.39, 0.29) is 6.10 Å². The zero-order valence-electron chi connectivity index (χ0n) is 12.0. The lowest BCUT2D eigenvalue weighted by Crippen LogP contribution is -2.26. The van der Waals surface area contributed by atoms with Crippen LogP contribution in [0.15, 0.2) is 30.5 Å². The minimum Gasteiger partial charge on any atom is -0.488 e. The van der Waals surface area contributed by atoms with Gasteiger partial charge < -0.3 is 14.4 Å². The number of aromatic nitrogens is 2. The second kappa shape index (κ2) is 6.58. The molecular formula is C15H15Cl2N3O2. The fraction of sp³-hybridized carbons (Fsp3) is 0.333. The Morgan fingerprint density at radius 2 is 2.09 bits per heavy atom. The van der Waals surface area contributed by atoms with E-state index in [9.17, 15) is 0 Å². The molecule has 2 heterocycles. The molecule has 1 aromatic carbocycles. The maximum atomic E-state index is 6.00. The zero-order valence-corrected chi connectivity index (χ0v) is 13.5. The summed E-state index contributed by atoms with van der Waals surface area (Å²) in [6.45, 7) is 1.55. The summed E-state index contributed by atoms with van der Waals surface area (Å²) in [5, 5.41) is 1.01. The van der Waals surface area contributed by atoms with Crippen molar-refractivity contribution in [1.82, 2.24) is 9.97 Å². The van der Waals surface area contributed by atoms with Gasteiger partial charge in [0.2, 0.25) is 11.8 Å². The molecular weight excluding hydrogens is 325 g/mol. The van der Waals surface area contributed by atoms with E-state index >= 15 is 0 Å². The van der Waals surface area contributed by atoms with Crippen molar-refractivity contribution in [2.24, 2.45) is 0 Å². The van der Waals surface area contributed by atoms with Gasteiger partial charge in [0, 0.05) is 31.3 Å². The topological polar surface area (TPSA) is 47.5 Å². The lowest BCUT2D eigenvalue weighted by molar-refractivity contribution is 0.225. The van der Waals surface area contributed by atoms with Gasteiger partial charge in [0.15, 0.2) is 0 Å². The van der Waals surface area contributed by atoms with E-state index in [0.29, 0.717) is 34.2 Å². The van der Waals surface area contributed by atoms with E-state index in [2.05, 4.69) is 14.9 Å². The standard InChI is InChI=1S/C15H15Cl2N3O2/c1-21-14-4-6-18-15(19-14)20-7-5-11(9-20)22-10-2-3-12(16)13(17)8-10/h2-4,6,8,11H,5,7,9H2,1H3. The predicted molar refractivity (Wildman–Crippen MR) is 86.3 cm³/mol. The summed E-state index contributed by atoms with van der Waals surface area (Å²) in [5.74, 6) is 1.92. The summed E-state index contributed by atoms with van der Waals surface area (Å²) >= 11 is 11.9. The van der Waals surface area contributed by atoms with Crippen molar-refractivity contribution in [1.29, 1.82) is 0 Å². The van der Waals surface area contributed by atoms with Crippen LogP contribution in [-0.2, 0) is 0 Å². The van der Waals surface area contributed by atoms with Gasteiger partial charge in [-0.1, -0.05) is 23.2 Å². The number of anilines is 1. The van der Waals surface area contributed by atoms with E-state index in [1.807, 2.05) is 6.07 Å². The van der Waals surface area contributed by atoms with Crippen LogP contribution in [0.5, 0.6) is 11.6 Å². The molecule has 0 saturated carbocycles. The van der Waals surface area contributed by atoms with Gasteiger partial charge >= 0.3 is 0 Å². The maximum absolute atomic E-state index is 6.00. The first-order chi connectivity index (χ1) is 10.7. The minimum atomic E-state index is 0.0621. The molecule has 1 atom stereocenters. The predicted octanol–water partition coefficient (Wildman–Crippen LogP) is 3.45. The number of ether oxygens (including phenoxy) is 2. The van der Waals surface area contributed by atoms with E-state index in [4.69, 9.17) is 32.7 Å². The van der Waals surface area contributed by atoms with E-state index < -0.39 is 0 Å². The van der Waals surface area contributed by atoms with Gasteiger partial charge in [-0.25, -0.2) is 4.98 Å². The third kappa shape index (κ3) is 3.36. The summed E-state index contributed by atoms with van der Waals surface area (Å²) in [5.41, 5.74) is 0. The highest BCUT2D eigenvalue weighted by atomic mass is 35.5. The number of benzene rings is 1. The Labute approximate surface area is 138 Å². The van der Waals surface area contributed by atoms with Gasteiger partial charge in [0.05, 0.1) is 23.7 Å². The average molecular weight is 340 g/mol. The molecule has 0 N–H and O–H groups in total. The zero-order chi connectivity index (χ0) is 15.5. The molecule has 0 spiro atoms. The number of nitrogens with zero attached hydrogens (tertiary/aromatic N) is 3. The monoisotopic (exact) mass is 339 g/mol. The van der Waals surface area contributed by atoms with Gasteiger partial charge in [0.25, 0.3) is 0 Å². The van der Waals surface area contributed by atoms with Crippen LogP contribution in [0.2, 0.25) is 10.0 Å². The van der Waals surface area contributed by atoms with Crippen LogP contribution in [0, 0.1) is 0 Å². The van der Waals surface area contributed by atoms with Gasteiger partial charge in [-0.3, -0.25) is 0 Å². The Morgan fingerprint density at radius 3 is 2.86 bits per heavy atom. The molecule has 116 valence electrons. The average Bonchev–Trinajstić information content (AvgIpc) is 2.99. The number of hydrogen-bond donors (Lipinski definition) is 0. The fourth-order valence-electron chi connectivity index (χ4n) is 2.35. The van der Waals surface area contributed by atoms with Crippen LogP contribution in [0.1, 0.15) is 6.42 Å². The van der Waals surface area contributed by atoms with E-state index in [1.165, 1.54) is 0 Å². The Kier molecular flexibility index (Phi) is 4.55. The molecule has 1 aromatic heterocycles. The third-order valence-corrected chi connectivity index (χ3v) is 4.19. The summed E-state index contributed by atoms with van der Waals surface area (Å²) in [4.78, 5) is 10.7. The SMILES string of the molecule is COc1ccnc(N2CCC(Oc3ccc(Cl)c(Cl)c3)C2)n1. The lowest BCUT2D eigenvalue weighted by atomic mass is 10.3. The van der Waals surface area contributed by atoms with Crippen LogP contribution >= 0.6 is 23.2 Å². The van der Waals surface area contributed by atoms with Gasteiger partial charge in [-0.15, -0.1) is 0 Å². The number of methoxy groups -OCH3 is 1. The highest BCUT2D eigenvalue weighted by molar-refractivity contribution is 6.42. The molecule has 0 radical (unpaired) electrons. The first-order valence-electron chi connectivity index (χ1n) is 6.89. The first kappa shape index (κ1) is 15.2. The van der Waals surface area contributed by atoms with Crippen LogP contribution in [0.25, 0.3) is 0 Å². The van der Waals surface area contributed by atoms with Crippen LogP contribution < -0.4 is 14.4 Å². The number of hydrogen-bond acceptors (Lipinski definition) is 5. The summed E-state index contributed by atoms with van der Waals surface area (Å²) in [6.07, 6.45) is 2.64. The van der Waals surface area contributed by atoms with E-state index in [0.717, 1.165) is 13.0 Å². The van der Waals surface area contributed by atoms with Crippen LogP contribution in [0.3, 0.4) is 0 Å². The molecule has 5 nitrogen and oxygen atoms in total. The summed E-state index contributed by atoms with van der Waals surface area (Å²) < 4.78 is 11.1. The Morgan fingerprint density at radius 1 is 1.23 bits per heavy atom. The lowest BCUT2D eigenvalue weighted by Gasteiger charge is -2.17. The molecule has 1 fully saturated rings. The van der Waals surface area contributed by atoms with Gasteiger partial charge in [0.1, 0.15) is 11.9 Å². The Bertz CT molecular complexity index is 669. The quantitative estimate of drug-likeness (QED) is 0.853. The molecule has 1 aliphatic rings. The molecule has 0 amide bonds. The molecule has 7 heteroatoms. The van der Waals surface area contributed by atoms with Crippen molar-refractivity contribution >= 4 is 29.2 Å². The number of halogens is 2. The molecule has 1 unspecified atom stereocenters. The van der Waals surface area contributed by atoms with Crippen molar-refractivity contribution in [3.63, 3.8) is 0 Å². The maximum Gasteiger partial charge on any atom is 0.228 e. The fourth-order valence-corrected chi connectivity index (χ4v) is 2.64. The first-order valence-corrected chi connectivity index (χ1v) is 7.65. The summed E-state index contributed by atoms with van der Waals surface area (Å²) in [6, 6.07) is 7.01. The molecule has 3 rings (SSSR count). The second-order valence-corrected chi connectivity index (χ2v) is 5.76. The van der Waals surface area contributed by atoms with Crippen molar-refractivity contribution < 1.29 is 9.47 Å².